The molecule has 0 aromatic carbocycles. The van der Waals surface area contributed by atoms with Gasteiger partial charge in [0.25, 0.3) is 0 Å². The van der Waals surface area contributed by atoms with Gasteiger partial charge in [0.1, 0.15) is 5.78 Å². The van der Waals surface area contributed by atoms with Crippen molar-refractivity contribution in [2.75, 3.05) is 6.54 Å². The van der Waals surface area contributed by atoms with Gasteiger partial charge in [-0.05, 0) is 36.6 Å². The summed E-state index contributed by atoms with van der Waals surface area (Å²) >= 11 is 0. The Labute approximate surface area is 126 Å². The highest BCUT2D eigenvalue weighted by molar-refractivity contribution is 5.78. The van der Waals surface area contributed by atoms with Crippen LogP contribution in [0.3, 0.4) is 0 Å². The minimum Gasteiger partial charge on any atom is -0.330 e. The van der Waals surface area contributed by atoms with Gasteiger partial charge in [-0.15, -0.1) is 0 Å². The van der Waals surface area contributed by atoms with Crippen LogP contribution >= 0.6 is 0 Å². The highest BCUT2D eigenvalue weighted by Gasteiger charge is 2.24. The summed E-state index contributed by atoms with van der Waals surface area (Å²) in [6, 6.07) is 0. The van der Waals surface area contributed by atoms with Crippen LogP contribution in [0.5, 0.6) is 0 Å². The summed E-state index contributed by atoms with van der Waals surface area (Å²) < 4.78 is 0. The van der Waals surface area contributed by atoms with Gasteiger partial charge in [-0.2, -0.15) is 0 Å². The molecule has 0 spiro atoms. The van der Waals surface area contributed by atoms with Crippen molar-refractivity contribution < 1.29 is 4.79 Å². The van der Waals surface area contributed by atoms with Crippen LogP contribution in [0.4, 0.5) is 0 Å². The molecule has 0 bridgehead atoms. The van der Waals surface area contributed by atoms with Crippen molar-refractivity contribution >= 4 is 5.78 Å². The maximum atomic E-state index is 12.2. The second-order valence-corrected chi connectivity index (χ2v) is 7.34. The number of rotatable bonds is 11. The van der Waals surface area contributed by atoms with E-state index in [0.29, 0.717) is 17.6 Å². The SMILES string of the molecule is CCCCC(CC)CC(=O)CCC(CCN)C(C)(C)C. The zero-order valence-corrected chi connectivity index (χ0v) is 14.5. The molecule has 0 aliphatic carbocycles. The number of unbranched alkanes of at least 4 members (excludes halogenated alkanes) is 1. The van der Waals surface area contributed by atoms with E-state index in [0.717, 1.165) is 38.6 Å². The summed E-state index contributed by atoms with van der Waals surface area (Å²) in [6.45, 7) is 11.9. The lowest BCUT2D eigenvalue weighted by molar-refractivity contribution is -0.120. The third kappa shape index (κ3) is 8.73. The Morgan fingerprint density at radius 1 is 1.10 bits per heavy atom. The molecule has 120 valence electrons. The number of hydrogen-bond acceptors (Lipinski definition) is 2. The predicted octanol–water partition coefficient (Wildman–Crippen LogP) is 4.95. The number of Topliss-reactive ketones (excluding diaryl/α,β-unsaturated/α-hetero) is 1. The largest absolute Gasteiger partial charge is 0.330 e. The Bertz CT molecular complexity index is 255. The van der Waals surface area contributed by atoms with Gasteiger partial charge >= 0.3 is 0 Å². The molecule has 0 saturated carbocycles. The summed E-state index contributed by atoms with van der Waals surface area (Å²) in [5.74, 6) is 1.62. The first-order valence-electron chi connectivity index (χ1n) is 8.56. The normalized spacial score (nSPS) is 15.1. The van der Waals surface area contributed by atoms with Gasteiger partial charge in [0.15, 0.2) is 0 Å². The molecule has 0 heterocycles. The number of hydrogen-bond donors (Lipinski definition) is 1. The highest BCUT2D eigenvalue weighted by Crippen LogP contribution is 2.32. The molecule has 0 aliphatic heterocycles. The molecule has 2 unspecified atom stereocenters. The molecule has 0 saturated heterocycles. The average Bonchev–Trinajstić information content (AvgIpc) is 2.37. The number of carbonyl (C=O) groups is 1. The van der Waals surface area contributed by atoms with Crippen molar-refractivity contribution in [3.8, 4) is 0 Å². The number of ketones is 1. The van der Waals surface area contributed by atoms with E-state index >= 15 is 0 Å². The van der Waals surface area contributed by atoms with Gasteiger partial charge in [0, 0.05) is 12.8 Å². The van der Waals surface area contributed by atoms with Gasteiger partial charge < -0.3 is 5.73 Å². The first kappa shape index (κ1) is 19.6. The zero-order valence-electron chi connectivity index (χ0n) is 14.5. The predicted molar refractivity (Wildman–Crippen MR) is 88.8 cm³/mol. The molecular formula is C18H37NO. The number of carbonyl (C=O) groups excluding carboxylic acids is 1. The summed E-state index contributed by atoms with van der Waals surface area (Å²) in [7, 11) is 0. The van der Waals surface area contributed by atoms with E-state index in [-0.39, 0.29) is 5.41 Å². The van der Waals surface area contributed by atoms with Crippen molar-refractivity contribution in [1.29, 1.82) is 0 Å². The monoisotopic (exact) mass is 283 g/mol. The summed E-state index contributed by atoms with van der Waals surface area (Å²) in [6.07, 6.45) is 8.40. The second-order valence-electron chi connectivity index (χ2n) is 7.34. The maximum Gasteiger partial charge on any atom is 0.133 e. The average molecular weight is 283 g/mol. The van der Waals surface area contributed by atoms with E-state index < -0.39 is 0 Å². The van der Waals surface area contributed by atoms with Crippen LogP contribution in [0.15, 0.2) is 0 Å². The van der Waals surface area contributed by atoms with E-state index in [1.54, 1.807) is 0 Å². The molecule has 0 amide bonds. The van der Waals surface area contributed by atoms with E-state index in [9.17, 15) is 4.79 Å². The van der Waals surface area contributed by atoms with Crippen LogP contribution in [-0.4, -0.2) is 12.3 Å². The minimum absolute atomic E-state index is 0.256. The zero-order chi connectivity index (χ0) is 15.6. The van der Waals surface area contributed by atoms with E-state index in [4.69, 9.17) is 5.73 Å². The summed E-state index contributed by atoms with van der Waals surface area (Å²) in [4.78, 5) is 12.2. The lowest BCUT2D eigenvalue weighted by Gasteiger charge is -2.30. The van der Waals surface area contributed by atoms with E-state index in [2.05, 4.69) is 34.6 Å². The molecule has 2 N–H and O–H groups in total. The topological polar surface area (TPSA) is 43.1 Å². The van der Waals surface area contributed by atoms with E-state index in [1.165, 1.54) is 19.3 Å². The third-order valence-corrected chi connectivity index (χ3v) is 4.57. The Hall–Kier alpha value is -0.370. The molecule has 0 aromatic heterocycles. The van der Waals surface area contributed by atoms with Crippen molar-refractivity contribution in [3.63, 3.8) is 0 Å². The van der Waals surface area contributed by atoms with Gasteiger partial charge in [-0.25, -0.2) is 0 Å². The van der Waals surface area contributed by atoms with Crippen LogP contribution in [-0.2, 0) is 4.79 Å². The van der Waals surface area contributed by atoms with Crippen molar-refractivity contribution in [2.24, 2.45) is 23.0 Å². The van der Waals surface area contributed by atoms with Gasteiger partial charge in [-0.1, -0.05) is 60.3 Å². The molecule has 2 heteroatoms. The molecule has 0 rings (SSSR count). The van der Waals surface area contributed by atoms with Gasteiger partial charge in [0.05, 0.1) is 0 Å². The van der Waals surface area contributed by atoms with Gasteiger partial charge in [-0.3, -0.25) is 4.79 Å². The molecule has 0 aliphatic rings. The lowest BCUT2D eigenvalue weighted by atomic mass is 9.75. The molecule has 0 fully saturated rings. The van der Waals surface area contributed by atoms with Crippen LogP contribution in [0.1, 0.15) is 86.0 Å². The molecule has 0 aromatic rings. The first-order valence-corrected chi connectivity index (χ1v) is 8.56. The van der Waals surface area contributed by atoms with Crippen molar-refractivity contribution in [2.45, 2.75) is 86.0 Å². The highest BCUT2D eigenvalue weighted by atomic mass is 16.1. The van der Waals surface area contributed by atoms with Crippen molar-refractivity contribution in [3.05, 3.63) is 0 Å². The molecule has 2 atom stereocenters. The fourth-order valence-electron chi connectivity index (χ4n) is 2.91. The fraction of sp³-hybridized carbons (Fsp3) is 0.944. The summed E-state index contributed by atoms with van der Waals surface area (Å²) in [5.41, 5.74) is 5.96. The van der Waals surface area contributed by atoms with E-state index in [1.807, 2.05) is 0 Å². The van der Waals surface area contributed by atoms with Crippen LogP contribution in [0.25, 0.3) is 0 Å². The summed E-state index contributed by atoms with van der Waals surface area (Å²) in [5, 5.41) is 0. The second kappa shape index (κ2) is 10.4. The molecule has 20 heavy (non-hydrogen) atoms. The Kier molecular flexibility index (Phi) is 10.2. The van der Waals surface area contributed by atoms with Crippen LogP contribution < -0.4 is 5.73 Å². The molecule has 0 radical (unpaired) electrons. The lowest BCUT2D eigenvalue weighted by Crippen LogP contribution is -2.24. The Morgan fingerprint density at radius 2 is 1.75 bits per heavy atom. The minimum atomic E-state index is 0.256. The first-order chi connectivity index (χ1) is 9.35. The van der Waals surface area contributed by atoms with Crippen molar-refractivity contribution in [1.82, 2.24) is 0 Å². The Morgan fingerprint density at radius 3 is 2.20 bits per heavy atom. The number of nitrogens with two attached hydrogens (primary N) is 1. The quantitative estimate of drug-likeness (QED) is 0.583. The molecular weight excluding hydrogens is 246 g/mol. The standard InChI is InChI=1S/C18H37NO/c1-6-8-9-15(7-2)14-17(20)11-10-16(12-13-19)18(3,4)5/h15-16H,6-14,19H2,1-5H3. The molecule has 2 nitrogen and oxygen atoms in total. The fourth-order valence-corrected chi connectivity index (χ4v) is 2.91. The smallest absolute Gasteiger partial charge is 0.133 e. The third-order valence-electron chi connectivity index (χ3n) is 4.57. The van der Waals surface area contributed by atoms with Gasteiger partial charge in [0.2, 0.25) is 0 Å². The van der Waals surface area contributed by atoms with Crippen LogP contribution in [0.2, 0.25) is 0 Å². The van der Waals surface area contributed by atoms with Crippen LogP contribution in [0, 0.1) is 17.3 Å². The maximum absolute atomic E-state index is 12.2. The Balaban J connectivity index is 4.17.